The van der Waals surface area contributed by atoms with E-state index in [1.54, 1.807) is 13.8 Å². The fraction of sp³-hybridized carbons (Fsp3) is 0.316. The highest BCUT2D eigenvalue weighted by Gasteiger charge is 2.31. The lowest BCUT2D eigenvalue weighted by Gasteiger charge is -2.20. The third-order valence-electron chi connectivity index (χ3n) is 3.92. The van der Waals surface area contributed by atoms with E-state index in [1.165, 1.54) is 30.3 Å². The van der Waals surface area contributed by atoms with Gasteiger partial charge in [-0.05, 0) is 49.4 Å². The Morgan fingerprint density at radius 1 is 1.10 bits per heavy atom. The van der Waals surface area contributed by atoms with Gasteiger partial charge in [-0.1, -0.05) is 13.0 Å². The monoisotopic (exact) mass is 430 g/mol. The number of carbonyl (C=O) groups is 1. The van der Waals surface area contributed by atoms with Crippen molar-refractivity contribution < 1.29 is 31.1 Å². The molecule has 10 heteroatoms. The van der Waals surface area contributed by atoms with E-state index >= 15 is 0 Å². The summed E-state index contributed by atoms with van der Waals surface area (Å²) in [7, 11) is -3.96. The second kappa shape index (κ2) is 9.27. The fourth-order valence-electron chi connectivity index (χ4n) is 2.52. The Morgan fingerprint density at radius 3 is 2.31 bits per heavy atom. The lowest BCUT2D eigenvalue weighted by Crippen LogP contribution is -2.37. The number of nitrogens with one attached hydrogen (secondary N) is 1. The molecule has 0 heterocycles. The number of halogens is 3. The zero-order valence-electron chi connectivity index (χ0n) is 15.9. The molecular formula is C19H21F3N2O4S. The molecule has 2 aromatic carbocycles. The molecule has 2 aromatic rings. The van der Waals surface area contributed by atoms with Crippen molar-refractivity contribution in [2.24, 2.45) is 0 Å². The van der Waals surface area contributed by atoms with E-state index < -0.39 is 34.2 Å². The van der Waals surface area contributed by atoms with Gasteiger partial charge in [-0.15, -0.1) is 0 Å². The van der Waals surface area contributed by atoms with Gasteiger partial charge in [-0.3, -0.25) is 4.79 Å². The summed E-state index contributed by atoms with van der Waals surface area (Å²) in [6, 6.07) is 9.87. The SMILES string of the molecule is CCOc1ccc(S(=O)(=O)N(CC)CC(=O)Nc2cccc(C(F)(F)F)c2)cc1. The topological polar surface area (TPSA) is 75.7 Å². The molecular weight excluding hydrogens is 409 g/mol. The van der Waals surface area contributed by atoms with Crippen molar-refractivity contribution in [3.63, 3.8) is 0 Å². The third kappa shape index (κ3) is 5.94. The fourth-order valence-corrected chi connectivity index (χ4v) is 3.93. The Kier molecular flexibility index (Phi) is 7.26. The van der Waals surface area contributed by atoms with Crippen molar-refractivity contribution >= 4 is 21.6 Å². The third-order valence-corrected chi connectivity index (χ3v) is 5.85. The highest BCUT2D eigenvalue weighted by atomic mass is 32.2. The summed E-state index contributed by atoms with van der Waals surface area (Å²) in [6.07, 6.45) is -4.55. The largest absolute Gasteiger partial charge is 0.494 e. The molecule has 0 unspecified atom stereocenters. The quantitative estimate of drug-likeness (QED) is 0.692. The highest BCUT2D eigenvalue weighted by Crippen LogP contribution is 2.30. The molecule has 6 nitrogen and oxygen atoms in total. The number of nitrogens with zero attached hydrogens (tertiary/aromatic N) is 1. The molecule has 0 bridgehead atoms. The molecule has 0 spiro atoms. The number of amides is 1. The minimum Gasteiger partial charge on any atom is -0.494 e. The van der Waals surface area contributed by atoms with Gasteiger partial charge < -0.3 is 10.1 Å². The number of hydrogen-bond donors (Lipinski definition) is 1. The van der Waals surface area contributed by atoms with E-state index in [4.69, 9.17) is 4.74 Å². The van der Waals surface area contributed by atoms with Crippen LogP contribution in [0.3, 0.4) is 0 Å². The number of hydrogen-bond acceptors (Lipinski definition) is 4. The zero-order valence-corrected chi connectivity index (χ0v) is 16.7. The number of alkyl halides is 3. The summed E-state index contributed by atoms with van der Waals surface area (Å²) >= 11 is 0. The zero-order chi connectivity index (χ0) is 21.7. The van der Waals surface area contributed by atoms with Gasteiger partial charge in [0.15, 0.2) is 0 Å². The maximum absolute atomic E-state index is 12.8. The average molecular weight is 430 g/mol. The van der Waals surface area contributed by atoms with Crippen LogP contribution in [0.4, 0.5) is 18.9 Å². The van der Waals surface area contributed by atoms with Gasteiger partial charge in [0.1, 0.15) is 5.75 Å². The molecule has 0 fully saturated rings. The van der Waals surface area contributed by atoms with Crippen LogP contribution in [0.15, 0.2) is 53.4 Å². The Labute approximate surface area is 167 Å². The lowest BCUT2D eigenvalue weighted by atomic mass is 10.2. The van der Waals surface area contributed by atoms with Crippen LogP contribution in [0.25, 0.3) is 0 Å². The van der Waals surface area contributed by atoms with Gasteiger partial charge in [0.2, 0.25) is 15.9 Å². The Balaban J connectivity index is 2.13. The molecule has 0 saturated heterocycles. The Bertz CT molecular complexity index is 945. The van der Waals surface area contributed by atoms with Crippen LogP contribution in [-0.2, 0) is 21.0 Å². The van der Waals surface area contributed by atoms with Gasteiger partial charge >= 0.3 is 6.18 Å². The summed E-state index contributed by atoms with van der Waals surface area (Å²) in [5.41, 5.74) is -0.982. The van der Waals surface area contributed by atoms with Gasteiger partial charge in [0.05, 0.1) is 23.6 Å². The van der Waals surface area contributed by atoms with E-state index in [1.807, 2.05) is 0 Å². The minimum atomic E-state index is -4.55. The summed E-state index contributed by atoms with van der Waals surface area (Å²) in [6.45, 7) is 3.26. The molecule has 0 aliphatic heterocycles. The minimum absolute atomic E-state index is 0.00551. The first-order chi connectivity index (χ1) is 13.6. The molecule has 158 valence electrons. The molecule has 0 aliphatic rings. The number of sulfonamides is 1. The number of ether oxygens (including phenoxy) is 1. The second-order valence-electron chi connectivity index (χ2n) is 5.96. The molecule has 0 aromatic heterocycles. The van der Waals surface area contributed by atoms with Crippen molar-refractivity contribution in [3.05, 3.63) is 54.1 Å². The molecule has 1 amide bonds. The Morgan fingerprint density at radius 2 is 1.76 bits per heavy atom. The second-order valence-corrected chi connectivity index (χ2v) is 7.90. The first kappa shape index (κ1) is 22.7. The molecule has 2 rings (SSSR count). The maximum atomic E-state index is 12.8. The van der Waals surface area contributed by atoms with Crippen LogP contribution in [0.2, 0.25) is 0 Å². The predicted octanol–water partition coefficient (Wildman–Crippen LogP) is 3.75. The van der Waals surface area contributed by atoms with Crippen LogP contribution in [-0.4, -0.2) is 38.3 Å². The molecule has 0 atom stereocenters. The summed E-state index contributed by atoms with van der Waals surface area (Å²) < 4.78 is 70.1. The maximum Gasteiger partial charge on any atom is 0.416 e. The standard InChI is InChI=1S/C19H21F3N2O4S/c1-3-24(29(26,27)17-10-8-16(9-11-17)28-4-2)13-18(25)23-15-7-5-6-14(12-15)19(20,21)22/h5-12H,3-4,13H2,1-2H3,(H,23,25). The number of rotatable bonds is 8. The number of likely N-dealkylation sites (N-methyl/N-ethyl adjacent to an activating group) is 1. The van der Waals surface area contributed by atoms with Crippen molar-refractivity contribution in [2.45, 2.75) is 24.9 Å². The first-order valence-electron chi connectivity index (χ1n) is 8.78. The van der Waals surface area contributed by atoms with E-state index in [0.717, 1.165) is 22.5 Å². The van der Waals surface area contributed by atoms with Crippen molar-refractivity contribution in [3.8, 4) is 5.75 Å². The van der Waals surface area contributed by atoms with Crippen LogP contribution < -0.4 is 10.1 Å². The van der Waals surface area contributed by atoms with E-state index in [0.29, 0.717) is 12.4 Å². The van der Waals surface area contributed by atoms with Crippen LogP contribution in [0.1, 0.15) is 19.4 Å². The van der Waals surface area contributed by atoms with Gasteiger partial charge in [-0.25, -0.2) is 8.42 Å². The van der Waals surface area contributed by atoms with Crippen LogP contribution >= 0.6 is 0 Å². The summed E-state index contributed by atoms with van der Waals surface area (Å²) in [5, 5.41) is 2.30. The lowest BCUT2D eigenvalue weighted by molar-refractivity contribution is -0.137. The van der Waals surface area contributed by atoms with E-state index in [9.17, 15) is 26.4 Å². The number of carbonyl (C=O) groups excluding carboxylic acids is 1. The normalized spacial score (nSPS) is 12.1. The number of benzene rings is 2. The molecule has 29 heavy (non-hydrogen) atoms. The van der Waals surface area contributed by atoms with Crippen molar-refractivity contribution in [2.75, 3.05) is 25.0 Å². The molecule has 0 radical (unpaired) electrons. The molecule has 0 saturated carbocycles. The summed E-state index contributed by atoms with van der Waals surface area (Å²) in [5.74, 6) is -0.238. The summed E-state index contributed by atoms with van der Waals surface area (Å²) in [4.78, 5) is 12.2. The van der Waals surface area contributed by atoms with Gasteiger partial charge in [0.25, 0.3) is 0 Å². The number of anilines is 1. The molecule has 1 N–H and O–H groups in total. The highest BCUT2D eigenvalue weighted by molar-refractivity contribution is 7.89. The van der Waals surface area contributed by atoms with Crippen molar-refractivity contribution in [1.82, 2.24) is 4.31 Å². The van der Waals surface area contributed by atoms with Gasteiger partial charge in [-0.2, -0.15) is 17.5 Å². The van der Waals surface area contributed by atoms with Crippen LogP contribution in [0, 0.1) is 0 Å². The van der Waals surface area contributed by atoms with Gasteiger partial charge in [0, 0.05) is 12.2 Å². The van der Waals surface area contributed by atoms with E-state index in [-0.39, 0.29) is 17.1 Å². The van der Waals surface area contributed by atoms with Crippen LogP contribution in [0.5, 0.6) is 5.75 Å². The first-order valence-corrected chi connectivity index (χ1v) is 10.2. The predicted molar refractivity (Wildman–Crippen MR) is 102 cm³/mol. The van der Waals surface area contributed by atoms with E-state index in [2.05, 4.69) is 5.32 Å². The molecule has 0 aliphatic carbocycles. The average Bonchev–Trinajstić information content (AvgIpc) is 2.66. The Hall–Kier alpha value is -2.59. The smallest absolute Gasteiger partial charge is 0.416 e. The van der Waals surface area contributed by atoms with Crippen molar-refractivity contribution in [1.29, 1.82) is 0 Å².